The number of amides is 1. The van der Waals surface area contributed by atoms with Gasteiger partial charge in [0.15, 0.2) is 5.82 Å². The zero-order chi connectivity index (χ0) is 22.9. The van der Waals surface area contributed by atoms with E-state index in [4.69, 9.17) is 0 Å². The number of rotatable bonds is 5. The first-order valence-electron chi connectivity index (χ1n) is 9.24. The van der Waals surface area contributed by atoms with Crippen LogP contribution in [-0.4, -0.2) is 30.5 Å². The van der Waals surface area contributed by atoms with Crippen molar-refractivity contribution in [2.75, 3.05) is 10.6 Å². The molecule has 4 heterocycles. The number of nitrogens with zero attached hydrogens (tertiary/aromatic N) is 5. The predicted molar refractivity (Wildman–Crippen MR) is 108 cm³/mol. The van der Waals surface area contributed by atoms with Crippen molar-refractivity contribution in [3.05, 3.63) is 60.0 Å². The minimum absolute atomic E-state index is 0.0465. The maximum Gasteiger partial charge on any atom is 0.433 e. The molecule has 4 rings (SSSR count). The van der Waals surface area contributed by atoms with Gasteiger partial charge in [-0.25, -0.2) is 23.9 Å². The van der Waals surface area contributed by atoms with E-state index in [1.54, 1.807) is 18.3 Å². The number of halogens is 4. The van der Waals surface area contributed by atoms with Crippen LogP contribution in [0.5, 0.6) is 0 Å². The average Bonchev–Trinajstić information content (AvgIpc) is 3.22. The average molecular weight is 445 g/mol. The molecule has 0 aliphatic carbocycles. The van der Waals surface area contributed by atoms with E-state index >= 15 is 0 Å². The highest BCUT2D eigenvalue weighted by Crippen LogP contribution is 2.31. The van der Waals surface area contributed by atoms with Crippen molar-refractivity contribution >= 4 is 28.7 Å². The zero-order valence-electron chi connectivity index (χ0n) is 16.5. The van der Waals surface area contributed by atoms with Crippen LogP contribution in [0, 0.1) is 0 Å². The van der Waals surface area contributed by atoms with Gasteiger partial charge in [0.1, 0.15) is 29.4 Å². The molecule has 0 atom stereocenters. The second-order valence-electron chi connectivity index (χ2n) is 6.65. The Labute approximate surface area is 178 Å². The predicted octanol–water partition coefficient (Wildman–Crippen LogP) is 4.38. The third-order valence-electron chi connectivity index (χ3n) is 4.40. The minimum Gasteiger partial charge on any atom is -0.338 e. The molecule has 1 amide bonds. The van der Waals surface area contributed by atoms with E-state index in [0.717, 1.165) is 6.07 Å². The van der Waals surface area contributed by atoms with Crippen LogP contribution in [-0.2, 0) is 17.6 Å². The summed E-state index contributed by atoms with van der Waals surface area (Å²) in [7, 11) is 0. The molecular weight excluding hydrogens is 430 g/mol. The van der Waals surface area contributed by atoms with Gasteiger partial charge in [0.2, 0.25) is 11.7 Å². The lowest BCUT2D eigenvalue weighted by molar-refractivity contribution is -0.141. The Morgan fingerprint density at radius 2 is 1.91 bits per heavy atom. The molecule has 2 N–H and O–H groups in total. The van der Waals surface area contributed by atoms with E-state index in [1.807, 2.05) is 0 Å². The largest absolute Gasteiger partial charge is 0.433 e. The maximum atomic E-state index is 13.8. The number of alkyl halides is 4. The molecule has 0 radical (unpaired) electrons. The molecule has 164 valence electrons. The van der Waals surface area contributed by atoms with Gasteiger partial charge >= 0.3 is 6.18 Å². The minimum atomic E-state index is -4.62. The quantitative estimate of drug-likeness (QED) is 0.443. The first-order valence-corrected chi connectivity index (χ1v) is 9.24. The Balaban J connectivity index is 1.80. The fraction of sp³-hybridized carbons (Fsp3) is 0.150. The van der Waals surface area contributed by atoms with E-state index in [9.17, 15) is 22.4 Å². The summed E-state index contributed by atoms with van der Waals surface area (Å²) in [6, 6.07) is 8.26. The number of fused-ring (bicyclic) bond motifs is 1. The van der Waals surface area contributed by atoms with Gasteiger partial charge in [-0.2, -0.15) is 13.2 Å². The number of carbonyl (C=O) groups excluding carboxylic acids is 1. The van der Waals surface area contributed by atoms with Crippen LogP contribution in [0.25, 0.3) is 17.0 Å². The maximum absolute atomic E-state index is 13.8. The van der Waals surface area contributed by atoms with Crippen molar-refractivity contribution in [3.63, 3.8) is 0 Å². The summed E-state index contributed by atoms with van der Waals surface area (Å²) in [5.74, 6) is -0.238. The summed E-state index contributed by atoms with van der Waals surface area (Å²) in [6.45, 7) is 0.336. The highest BCUT2D eigenvalue weighted by Gasteiger charge is 2.32. The molecular formula is C20H15F4N7O. The lowest BCUT2D eigenvalue weighted by Crippen LogP contribution is -2.12. The Bertz CT molecular complexity index is 1300. The first-order chi connectivity index (χ1) is 15.3. The molecule has 0 aromatic carbocycles. The number of aromatic nitrogens is 5. The van der Waals surface area contributed by atoms with Crippen LogP contribution in [0.2, 0.25) is 0 Å². The van der Waals surface area contributed by atoms with E-state index < -0.39 is 24.5 Å². The van der Waals surface area contributed by atoms with Crippen molar-refractivity contribution in [3.8, 4) is 11.5 Å². The van der Waals surface area contributed by atoms with E-state index in [-0.39, 0.29) is 34.4 Å². The van der Waals surface area contributed by atoms with Crippen molar-refractivity contribution in [2.24, 2.45) is 0 Å². The molecule has 32 heavy (non-hydrogen) atoms. The molecule has 0 aliphatic rings. The SMILES string of the molecule is CC(=O)Nc1nccc(Nc2nc(-c3cccc(C(F)(F)F)n3)nn3cccc23)c1CF. The lowest BCUT2D eigenvalue weighted by Gasteiger charge is -2.14. The van der Waals surface area contributed by atoms with Gasteiger partial charge in [-0.15, -0.1) is 5.10 Å². The Hall–Kier alpha value is -4.09. The van der Waals surface area contributed by atoms with E-state index in [1.165, 1.54) is 35.8 Å². The third-order valence-corrected chi connectivity index (χ3v) is 4.40. The highest BCUT2D eigenvalue weighted by atomic mass is 19.4. The van der Waals surface area contributed by atoms with Crippen LogP contribution < -0.4 is 10.6 Å². The summed E-state index contributed by atoms with van der Waals surface area (Å²) in [5.41, 5.74) is -0.309. The van der Waals surface area contributed by atoms with Gasteiger partial charge in [-0.05, 0) is 30.3 Å². The van der Waals surface area contributed by atoms with Crippen LogP contribution in [0.4, 0.5) is 34.9 Å². The van der Waals surface area contributed by atoms with Crippen molar-refractivity contribution < 1.29 is 22.4 Å². The molecule has 8 nitrogen and oxygen atoms in total. The summed E-state index contributed by atoms with van der Waals surface area (Å²) in [6.07, 6.45) is -1.66. The van der Waals surface area contributed by atoms with Gasteiger partial charge in [0, 0.05) is 24.9 Å². The molecule has 0 fully saturated rings. The lowest BCUT2D eigenvalue weighted by atomic mass is 10.2. The second kappa shape index (κ2) is 8.21. The standard InChI is InChI=1S/C20H15F4N7O/c1-11(32)26-17-12(10-21)13(7-8-25-17)28-19-15-5-3-9-31(15)30-18(29-19)14-4-2-6-16(27-14)20(22,23)24/h2-9H,10H2,1H3,(H2,25,26,28,29,30,32). The third kappa shape index (κ3) is 4.19. The fourth-order valence-electron chi connectivity index (χ4n) is 3.00. The molecule has 0 spiro atoms. The Morgan fingerprint density at radius 1 is 1.09 bits per heavy atom. The van der Waals surface area contributed by atoms with Gasteiger partial charge in [-0.3, -0.25) is 4.79 Å². The smallest absolute Gasteiger partial charge is 0.338 e. The molecule has 0 saturated heterocycles. The summed E-state index contributed by atoms with van der Waals surface area (Å²) < 4.78 is 54.4. The molecule has 0 saturated carbocycles. The molecule has 0 unspecified atom stereocenters. The van der Waals surface area contributed by atoms with Gasteiger partial charge in [0.25, 0.3) is 0 Å². The van der Waals surface area contributed by atoms with Crippen molar-refractivity contribution in [2.45, 2.75) is 19.8 Å². The summed E-state index contributed by atoms with van der Waals surface area (Å²) in [5, 5.41) is 9.65. The monoisotopic (exact) mass is 445 g/mol. The number of pyridine rings is 2. The summed E-state index contributed by atoms with van der Waals surface area (Å²) >= 11 is 0. The number of anilines is 3. The summed E-state index contributed by atoms with van der Waals surface area (Å²) in [4.78, 5) is 23.3. The second-order valence-corrected chi connectivity index (χ2v) is 6.65. The molecule has 12 heteroatoms. The van der Waals surface area contributed by atoms with Gasteiger partial charge in [-0.1, -0.05) is 6.07 Å². The fourth-order valence-corrected chi connectivity index (χ4v) is 3.00. The molecule has 4 aromatic rings. The molecule has 4 aromatic heterocycles. The van der Waals surface area contributed by atoms with Crippen LogP contribution in [0.3, 0.4) is 0 Å². The number of hydrogen-bond donors (Lipinski definition) is 2. The van der Waals surface area contributed by atoms with Crippen molar-refractivity contribution in [1.82, 2.24) is 24.6 Å². The number of hydrogen-bond acceptors (Lipinski definition) is 6. The van der Waals surface area contributed by atoms with Gasteiger partial charge < -0.3 is 10.6 Å². The zero-order valence-corrected chi connectivity index (χ0v) is 16.5. The number of nitrogens with one attached hydrogen (secondary N) is 2. The van der Waals surface area contributed by atoms with Crippen molar-refractivity contribution in [1.29, 1.82) is 0 Å². The highest BCUT2D eigenvalue weighted by molar-refractivity contribution is 5.89. The Kier molecular flexibility index (Phi) is 5.43. The normalized spacial score (nSPS) is 11.5. The molecule has 0 aliphatic heterocycles. The topological polar surface area (TPSA) is 97.1 Å². The van der Waals surface area contributed by atoms with E-state index in [0.29, 0.717) is 5.52 Å². The van der Waals surface area contributed by atoms with E-state index in [2.05, 4.69) is 30.7 Å². The van der Waals surface area contributed by atoms with Crippen LogP contribution in [0.1, 0.15) is 18.2 Å². The van der Waals surface area contributed by atoms with Gasteiger partial charge in [0.05, 0.1) is 5.69 Å². The van der Waals surface area contributed by atoms with Crippen LogP contribution in [0.15, 0.2) is 48.8 Å². The Morgan fingerprint density at radius 3 is 2.62 bits per heavy atom. The first kappa shape index (κ1) is 21.2. The number of carbonyl (C=O) groups is 1. The molecule has 0 bridgehead atoms. The van der Waals surface area contributed by atoms with Crippen LogP contribution >= 0.6 is 0 Å².